The first-order chi connectivity index (χ1) is 6.36. The first-order valence-corrected chi connectivity index (χ1v) is 3.92. The second kappa shape index (κ2) is 3.43. The van der Waals surface area contributed by atoms with Crippen molar-refractivity contribution in [2.45, 2.75) is 19.0 Å². The molecular formula is C8H9F3N2O. The van der Waals surface area contributed by atoms with Gasteiger partial charge >= 0.3 is 6.18 Å². The van der Waals surface area contributed by atoms with Crippen LogP contribution in [0, 0.1) is 0 Å². The van der Waals surface area contributed by atoms with E-state index in [9.17, 15) is 18.0 Å². The standard InChI is InChI=1S/C8H9F3N2O/c1-5(4-14)6-3-13(2)12-7(6)8(9,10)11/h3-5H,1-2H3. The van der Waals surface area contributed by atoms with Crippen molar-refractivity contribution < 1.29 is 18.0 Å². The van der Waals surface area contributed by atoms with E-state index in [4.69, 9.17) is 0 Å². The monoisotopic (exact) mass is 206 g/mol. The van der Waals surface area contributed by atoms with Crippen LogP contribution in [0.1, 0.15) is 24.1 Å². The van der Waals surface area contributed by atoms with Gasteiger partial charge in [0, 0.05) is 24.7 Å². The van der Waals surface area contributed by atoms with E-state index in [2.05, 4.69) is 5.10 Å². The van der Waals surface area contributed by atoms with Crippen LogP contribution in [0.3, 0.4) is 0 Å². The number of carbonyl (C=O) groups is 1. The van der Waals surface area contributed by atoms with E-state index in [1.807, 2.05) is 0 Å². The number of carbonyl (C=O) groups excluding carboxylic acids is 1. The molecule has 0 aliphatic rings. The van der Waals surface area contributed by atoms with Crippen molar-refractivity contribution in [1.29, 1.82) is 0 Å². The van der Waals surface area contributed by atoms with Gasteiger partial charge in [0.1, 0.15) is 6.29 Å². The zero-order valence-electron chi connectivity index (χ0n) is 7.67. The predicted molar refractivity (Wildman–Crippen MR) is 42.7 cm³/mol. The summed E-state index contributed by atoms with van der Waals surface area (Å²) in [5.74, 6) is -0.791. The summed E-state index contributed by atoms with van der Waals surface area (Å²) in [6.45, 7) is 1.40. The zero-order chi connectivity index (χ0) is 10.9. The molecule has 14 heavy (non-hydrogen) atoms. The Bertz CT molecular complexity index is 343. The molecule has 0 fully saturated rings. The van der Waals surface area contributed by atoms with E-state index in [0.29, 0.717) is 6.29 Å². The number of hydrogen-bond acceptors (Lipinski definition) is 2. The van der Waals surface area contributed by atoms with E-state index in [1.54, 1.807) is 0 Å². The number of alkyl halides is 3. The normalized spacial score (nSPS) is 14.1. The molecule has 0 aliphatic carbocycles. The Labute approximate surface area is 78.5 Å². The van der Waals surface area contributed by atoms with Crippen LogP contribution >= 0.6 is 0 Å². The number of aldehydes is 1. The fraction of sp³-hybridized carbons (Fsp3) is 0.500. The molecule has 78 valence electrons. The molecule has 0 aliphatic heterocycles. The second-order valence-corrected chi connectivity index (χ2v) is 3.03. The van der Waals surface area contributed by atoms with Crippen LogP contribution in [0.2, 0.25) is 0 Å². The van der Waals surface area contributed by atoms with E-state index in [1.165, 1.54) is 20.2 Å². The molecule has 1 aromatic rings. The van der Waals surface area contributed by atoms with Crippen LogP contribution in [-0.2, 0) is 18.0 Å². The maximum Gasteiger partial charge on any atom is 0.435 e. The first kappa shape index (κ1) is 10.7. The zero-order valence-corrected chi connectivity index (χ0v) is 7.67. The van der Waals surface area contributed by atoms with Gasteiger partial charge in [-0.05, 0) is 0 Å². The Morgan fingerprint density at radius 1 is 1.57 bits per heavy atom. The maximum atomic E-state index is 12.4. The maximum absolute atomic E-state index is 12.4. The lowest BCUT2D eigenvalue weighted by Gasteiger charge is -2.06. The van der Waals surface area contributed by atoms with E-state index >= 15 is 0 Å². The number of hydrogen-bond donors (Lipinski definition) is 0. The average molecular weight is 206 g/mol. The van der Waals surface area contributed by atoms with Crippen molar-refractivity contribution in [2.75, 3.05) is 0 Å². The second-order valence-electron chi connectivity index (χ2n) is 3.03. The minimum atomic E-state index is -4.51. The predicted octanol–water partition coefficient (Wildman–Crippen LogP) is 1.74. The topological polar surface area (TPSA) is 34.9 Å². The molecule has 1 rings (SSSR count). The van der Waals surface area contributed by atoms with Gasteiger partial charge in [-0.2, -0.15) is 18.3 Å². The van der Waals surface area contributed by atoms with Gasteiger partial charge < -0.3 is 4.79 Å². The minimum Gasteiger partial charge on any atom is -0.303 e. The molecule has 0 saturated carbocycles. The Kier molecular flexibility index (Phi) is 2.64. The molecule has 1 heterocycles. The fourth-order valence-corrected chi connectivity index (χ4v) is 1.13. The van der Waals surface area contributed by atoms with Crippen LogP contribution < -0.4 is 0 Å². The lowest BCUT2D eigenvalue weighted by Crippen LogP contribution is -2.11. The van der Waals surface area contributed by atoms with Crippen LogP contribution in [0.5, 0.6) is 0 Å². The Morgan fingerprint density at radius 3 is 2.57 bits per heavy atom. The number of halogens is 3. The van der Waals surface area contributed by atoms with Gasteiger partial charge in [-0.25, -0.2) is 0 Å². The quantitative estimate of drug-likeness (QED) is 0.691. The summed E-state index contributed by atoms with van der Waals surface area (Å²) in [6.07, 6.45) is -2.83. The van der Waals surface area contributed by atoms with Crippen molar-refractivity contribution in [1.82, 2.24) is 9.78 Å². The van der Waals surface area contributed by atoms with Gasteiger partial charge in [-0.3, -0.25) is 4.68 Å². The van der Waals surface area contributed by atoms with Crippen LogP contribution in [0.25, 0.3) is 0 Å². The number of aryl methyl sites for hydroxylation is 1. The first-order valence-electron chi connectivity index (χ1n) is 3.92. The SMILES string of the molecule is CC(C=O)c1cn(C)nc1C(F)(F)F. The third kappa shape index (κ3) is 1.94. The molecular weight excluding hydrogens is 197 g/mol. The van der Waals surface area contributed by atoms with E-state index in [0.717, 1.165) is 4.68 Å². The molecule has 0 spiro atoms. The van der Waals surface area contributed by atoms with Crippen molar-refractivity contribution in [3.05, 3.63) is 17.5 Å². The van der Waals surface area contributed by atoms with Gasteiger partial charge in [0.25, 0.3) is 0 Å². The van der Waals surface area contributed by atoms with Crippen molar-refractivity contribution in [3.8, 4) is 0 Å². The third-order valence-electron chi connectivity index (χ3n) is 1.82. The molecule has 1 unspecified atom stereocenters. The van der Waals surface area contributed by atoms with Gasteiger partial charge in [-0.15, -0.1) is 0 Å². The average Bonchev–Trinajstić information content (AvgIpc) is 2.45. The molecule has 1 aromatic heterocycles. The molecule has 0 amide bonds. The Morgan fingerprint density at radius 2 is 2.14 bits per heavy atom. The van der Waals surface area contributed by atoms with Crippen LogP contribution in [-0.4, -0.2) is 16.1 Å². The summed E-state index contributed by atoms with van der Waals surface area (Å²) in [6, 6.07) is 0. The summed E-state index contributed by atoms with van der Waals surface area (Å²) in [5.41, 5.74) is -1.07. The summed E-state index contributed by atoms with van der Waals surface area (Å²) in [4.78, 5) is 10.4. The number of aromatic nitrogens is 2. The van der Waals surface area contributed by atoms with Crippen molar-refractivity contribution in [2.24, 2.45) is 7.05 Å². The molecule has 6 heteroatoms. The summed E-state index contributed by atoms with van der Waals surface area (Å²) in [5, 5.41) is 3.28. The van der Waals surface area contributed by atoms with Crippen molar-refractivity contribution in [3.63, 3.8) is 0 Å². The third-order valence-corrected chi connectivity index (χ3v) is 1.82. The van der Waals surface area contributed by atoms with E-state index < -0.39 is 17.8 Å². The highest BCUT2D eigenvalue weighted by molar-refractivity contribution is 5.62. The van der Waals surface area contributed by atoms with Crippen LogP contribution in [0.15, 0.2) is 6.20 Å². The van der Waals surface area contributed by atoms with Gasteiger partial charge in [-0.1, -0.05) is 6.92 Å². The Balaban J connectivity index is 3.22. The number of rotatable bonds is 2. The molecule has 0 N–H and O–H groups in total. The van der Waals surface area contributed by atoms with Gasteiger partial charge in [0.2, 0.25) is 0 Å². The highest BCUT2D eigenvalue weighted by Crippen LogP contribution is 2.33. The van der Waals surface area contributed by atoms with Gasteiger partial charge in [0.15, 0.2) is 5.69 Å². The smallest absolute Gasteiger partial charge is 0.303 e. The molecule has 0 aromatic carbocycles. The van der Waals surface area contributed by atoms with E-state index in [-0.39, 0.29) is 5.56 Å². The highest BCUT2D eigenvalue weighted by Gasteiger charge is 2.37. The lowest BCUT2D eigenvalue weighted by atomic mass is 10.0. The molecule has 0 bridgehead atoms. The van der Waals surface area contributed by atoms with Gasteiger partial charge in [0.05, 0.1) is 0 Å². The highest BCUT2D eigenvalue weighted by atomic mass is 19.4. The largest absolute Gasteiger partial charge is 0.435 e. The molecule has 0 radical (unpaired) electrons. The Hall–Kier alpha value is -1.33. The van der Waals surface area contributed by atoms with Crippen molar-refractivity contribution >= 4 is 6.29 Å². The summed E-state index contributed by atoms with van der Waals surface area (Å²) in [7, 11) is 1.39. The lowest BCUT2D eigenvalue weighted by molar-refractivity contribution is -0.142. The summed E-state index contributed by atoms with van der Waals surface area (Å²) < 4.78 is 38.2. The molecule has 3 nitrogen and oxygen atoms in total. The summed E-state index contributed by atoms with van der Waals surface area (Å²) >= 11 is 0. The number of nitrogens with zero attached hydrogens (tertiary/aromatic N) is 2. The minimum absolute atomic E-state index is 0.0880. The van der Waals surface area contributed by atoms with Crippen LogP contribution in [0.4, 0.5) is 13.2 Å². The fourth-order valence-electron chi connectivity index (χ4n) is 1.13. The molecule has 0 saturated heterocycles. The molecule has 1 atom stereocenters.